The molecular weight excluding hydrogens is 272 g/mol. The Morgan fingerprint density at radius 2 is 2.11 bits per heavy atom. The number of hydrogen-bond donors (Lipinski definition) is 2. The number of aliphatic hydroxyl groups excluding tert-OH is 1. The molecule has 18 heavy (non-hydrogen) atoms. The van der Waals surface area contributed by atoms with Crippen LogP contribution in [0.3, 0.4) is 0 Å². The molecule has 1 aliphatic rings. The number of nitrogens with one attached hydrogen (secondary N) is 1. The Hall–Kier alpha value is -1.05. The third-order valence-electron chi connectivity index (χ3n) is 2.90. The summed E-state index contributed by atoms with van der Waals surface area (Å²) in [6, 6.07) is 7.60. The van der Waals surface area contributed by atoms with Gasteiger partial charge in [0.1, 0.15) is 0 Å². The van der Waals surface area contributed by atoms with Gasteiger partial charge >= 0.3 is 0 Å². The van der Waals surface area contributed by atoms with Gasteiger partial charge in [-0.2, -0.15) is 0 Å². The maximum Gasteiger partial charge on any atom is 0.166 e. The highest BCUT2D eigenvalue weighted by atomic mass is 32.2. The minimum absolute atomic E-state index is 0.00980. The van der Waals surface area contributed by atoms with Crippen LogP contribution in [0.4, 0.5) is 0 Å². The highest BCUT2D eigenvalue weighted by Gasteiger charge is 2.37. The molecule has 5 nitrogen and oxygen atoms in total. The van der Waals surface area contributed by atoms with Gasteiger partial charge in [-0.1, -0.05) is 23.9 Å². The van der Waals surface area contributed by atoms with E-state index in [0.717, 1.165) is 11.0 Å². The zero-order valence-electron chi connectivity index (χ0n) is 9.41. The molecule has 1 fully saturated rings. The van der Waals surface area contributed by atoms with Gasteiger partial charge in [0.2, 0.25) is 0 Å². The molecule has 2 aromatic rings. The summed E-state index contributed by atoms with van der Waals surface area (Å²) in [7, 11) is -3.11. The average molecular weight is 284 g/mol. The second-order valence-electron chi connectivity index (χ2n) is 4.36. The fourth-order valence-electron chi connectivity index (χ4n) is 2.04. The van der Waals surface area contributed by atoms with Crippen LogP contribution in [0.2, 0.25) is 0 Å². The number of aromatic nitrogens is 2. The summed E-state index contributed by atoms with van der Waals surface area (Å²) in [6.45, 7) is 0. The Bertz CT molecular complexity index is 647. The minimum atomic E-state index is -3.11. The molecule has 0 aliphatic carbocycles. The number of aliphatic hydroxyl groups is 1. The topological polar surface area (TPSA) is 83.1 Å². The summed E-state index contributed by atoms with van der Waals surface area (Å²) in [4.78, 5) is 7.48. The molecule has 1 aliphatic heterocycles. The Kier molecular flexibility index (Phi) is 2.84. The molecule has 0 amide bonds. The van der Waals surface area contributed by atoms with Crippen molar-refractivity contribution in [2.75, 3.05) is 11.5 Å². The molecule has 1 aromatic heterocycles. The first-order chi connectivity index (χ1) is 8.53. The molecule has 3 rings (SSSR count). The third kappa shape index (κ3) is 2.25. The van der Waals surface area contributed by atoms with E-state index in [9.17, 15) is 13.5 Å². The van der Waals surface area contributed by atoms with Gasteiger partial charge in [-0.3, -0.25) is 0 Å². The Balaban J connectivity index is 1.84. The van der Waals surface area contributed by atoms with Crippen LogP contribution < -0.4 is 0 Å². The fraction of sp³-hybridized carbons (Fsp3) is 0.364. The predicted octanol–water partition coefficient (Wildman–Crippen LogP) is 0.813. The molecule has 96 valence electrons. The summed E-state index contributed by atoms with van der Waals surface area (Å²) < 4.78 is 22.8. The first-order valence-electron chi connectivity index (χ1n) is 5.53. The molecule has 1 aromatic carbocycles. The zero-order chi connectivity index (χ0) is 12.8. The molecule has 0 bridgehead atoms. The highest BCUT2D eigenvalue weighted by Crippen LogP contribution is 2.30. The van der Waals surface area contributed by atoms with E-state index in [1.807, 2.05) is 24.3 Å². The van der Waals surface area contributed by atoms with E-state index < -0.39 is 15.9 Å². The largest absolute Gasteiger partial charge is 0.391 e. The molecule has 2 unspecified atom stereocenters. The van der Waals surface area contributed by atoms with Gasteiger partial charge in [0.15, 0.2) is 15.0 Å². The van der Waals surface area contributed by atoms with Crippen molar-refractivity contribution >= 4 is 32.6 Å². The van der Waals surface area contributed by atoms with Crippen LogP contribution in [0.25, 0.3) is 11.0 Å². The first kappa shape index (κ1) is 12.0. The van der Waals surface area contributed by atoms with Crippen molar-refractivity contribution in [2.45, 2.75) is 16.5 Å². The molecular formula is C11H12N2O3S2. The van der Waals surface area contributed by atoms with Crippen molar-refractivity contribution in [1.29, 1.82) is 0 Å². The van der Waals surface area contributed by atoms with E-state index >= 15 is 0 Å². The van der Waals surface area contributed by atoms with E-state index in [2.05, 4.69) is 9.97 Å². The van der Waals surface area contributed by atoms with Crippen molar-refractivity contribution in [3.8, 4) is 0 Å². The van der Waals surface area contributed by atoms with Crippen molar-refractivity contribution in [2.24, 2.45) is 0 Å². The summed E-state index contributed by atoms with van der Waals surface area (Å²) in [5.41, 5.74) is 1.76. The lowest BCUT2D eigenvalue weighted by Crippen LogP contribution is -2.20. The number of fused-ring (bicyclic) bond motifs is 1. The summed E-state index contributed by atoms with van der Waals surface area (Å²) in [6.07, 6.45) is -0.812. The molecule has 0 radical (unpaired) electrons. The number of rotatable bonds is 2. The number of H-pyrrole nitrogens is 1. The standard InChI is InChI=1S/C11H12N2O3S2/c14-9-5-18(15,16)6-10(9)17-11-12-7-3-1-2-4-8(7)13-11/h1-4,9-10,14H,5-6H2,(H,12,13). The number of nitrogens with zero attached hydrogens (tertiary/aromatic N) is 1. The van der Waals surface area contributed by atoms with Crippen molar-refractivity contribution < 1.29 is 13.5 Å². The summed E-state index contributed by atoms with van der Waals surface area (Å²) >= 11 is 1.29. The van der Waals surface area contributed by atoms with E-state index in [4.69, 9.17) is 0 Å². The molecule has 0 spiro atoms. The number of aromatic amines is 1. The van der Waals surface area contributed by atoms with E-state index in [0.29, 0.717) is 5.16 Å². The van der Waals surface area contributed by atoms with Gasteiger partial charge in [-0.15, -0.1) is 0 Å². The van der Waals surface area contributed by atoms with Gasteiger partial charge < -0.3 is 10.1 Å². The fourth-order valence-corrected chi connectivity index (χ4v) is 5.53. The predicted molar refractivity (Wildman–Crippen MR) is 70.4 cm³/mol. The van der Waals surface area contributed by atoms with Crippen LogP contribution in [0.1, 0.15) is 0 Å². The quantitative estimate of drug-likeness (QED) is 0.853. The molecule has 0 saturated carbocycles. The van der Waals surface area contributed by atoms with Crippen LogP contribution in [0.5, 0.6) is 0 Å². The molecule has 2 atom stereocenters. The van der Waals surface area contributed by atoms with Crippen molar-refractivity contribution in [3.05, 3.63) is 24.3 Å². The van der Waals surface area contributed by atoms with E-state index in [-0.39, 0.29) is 16.8 Å². The minimum Gasteiger partial charge on any atom is -0.391 e. The Morgan fingerprint density at radius 3 is 2.78 bits per heavy atom. The van der Waals surface area contributed by atoms with E-state index in [1.54, 1.807) is 0 Å². The lowest BCUT2D eigenvalue weighted by atomic mass is 10.3. The van der Waals surface area contributed by atoms with Gasteiger partial charge in [-0.25, -0.2) is 13.4 Å². The number of hydrogen-bond acceptors (Lipinski definition) is 5. The normalized spacial score (nSPS) is 26.7. The Labute approximate surface area is 109 Å². The van der Waals surface area contributed by atoms with Crippen LogP contribution in [-0.2, 0) is 9.84 Å². The molecule has 7 heteroatoms. The molecule has 2 N–H and O–H groups in total. The van der Waals surface area contributed by atoms with Gasteiger partial charge in [0, 0.05) is 0 Å². The number of para-hydroxylation sites is 2. The van der Waals surface area contributed by atoms with Crippen LogP contribution in [-0.4, -0.2) is 46.4 Å². The van der Waals surface area contributed by atoms with Gasteiger partial charge in [-0.05, 0) is 12.1 Å². The maximum absolute atomic E-state index is 11.4. The van der Waals surface area contributed by atoms with Crippen molar-refractivity contribution in [1.82, 2.24) is 9.97 Å². The monoisotopic (exact) mass is 284 g/mol. The smallest absolute Gasteiger partial charge is 0.166 e. The first-order valence-corrected chi connectivity index (χ1v) is 8.23. The third-order valence-corrected chi connectivity index (χ3v) is 6.03. The van der Waals surface area contributed by atoms with Crippen LogP contribution in [0, 0.1) is 0 Å². The zero-order valence-corrected chi connectivity index (χ0v) is 11.0. The summed E-state index contributed by atoms with van der Waals surface area (Å²) in [5.74, 6) is -0.138. The number of thioether (sulfide) groups is 1. The van der Waals surface area contributed by atoms with E-state index in [1.165, 1.54) is 11.8 Å². The highest BCUT2D eigenvalue weighted by molar-refractivity contribution is 8.01. The molecule has 2 heterocycles. The average Bonchev–Trinajstić information content (AvgIpc) is 2.79. The lowest BCUT2D eigenvalue weighted by Gasteiger charge is -2.09. The van der Waals surface area contributed by atoms with Crippen LogP contribution in [0.15, 0.2) is 29.4 Å². The number of imidazole rings is 1. The number of sulfone groups is 1. The molecule has 1 saturated heterocycles. The second-order valence-corrected chi connectivity index (χ2v) is 7.74. The maximum atomic E-state index is 11.4. The Morgan fingerprint density at radius 1 is 1.33 bits per heavy atom. The van der Waals surface area contributed by atoms with Crippen LogP contribution >= 0.6 is 11.8 Å². The van der Waals surface area contributed by atoms with Gasteiger partial charge in [0.05, 0.1) is 33.9 Å². The number of benzene rings is 1. The second kappa shape index (κ2) is 4.25. The van der Waals surface area contributed by atoms with Crippen molar-refractivity contribution in [3.63, 3.8) is 0 Å². The lowest BCUT2D eigenvalue weighted by molar-refractivity contribution is 0.207. The SMILES string of the molecule is O=S1(=O)CC(O)C(Sc2nc3ccccc3[nH]2)C1. The van der Waals surface area contributed by atoms with Gasteiger partial charge in [0.25, 0.3) is 0 Å². The summed E-state index contributed by atoms with van der Waals surface area (Å²) in [5, 5.41) is 10.0.